The number of aromatic nitrogens is 2. The van der Waals surface area contributed by atoms with Gasteiger partial charge in [0.15, 0.2) is 0 Å². The largest absolute Gasteiger partial charge is 0.494 e. The van der Waals surface area contributed by atoms with Crippen LogP contribution < -0.4 is 4.74 Å². The molecule has 2 aromatic rings. The fourth-order valence-electron chi connectivity index (χ4n) is 1.70. The number of carboxylic acids is 1. The number of rotatable bonds is 6. The first kappa shape index (κ1) is 12.4. The number of aromatic amines is 1. The van der Waals surface area contributed by atoms with Gasteiger partial charge in [-0.1, -0.05) is 6.92 Å². The van der Waals surface area contributed by atoms with Crippen molar-refractivity contribution in [3.8, 4) is 5.75 Å². The molecule has 18 heavy (non-hydrogen) atoms. The molecule has 0 saturated heterocycles. The molecule has 0 unspecified atom stereocenters. The Morgan fingerprint density at radius 3 is 3.06 bits per heavy atom. The molecule has 5 heteroatoms. The minimum absolute atomic E-state index is 0.0824. The van der Waals surface area contributed by atoms with Crippen LogP contribution in [0.1, 0.15) is 25.6 Å². The maximum atomic E-state index is 10.5. The summed E-state index contributed by atoms with van der Waals surface area (Å²) in [5.41, 5.74) is 1.71. The van der Waals surface area contributed by atoms with Crippen LogP contribution in [0.5, 0.6) is 5.75 Å². The van der Waals surface area contributed by atoms with E-state index in [9.17, 15) is 4.79 Å². The lowest BCUT2D eigenvalue weighted by Gasteiger charge is -2.03. The molecule has 5 nitrogen and oxygen atoms in total. The molecule has 0 aliphatic carbocycles. The Bertz CT molecular complexity index is 548. The van der Waals surface area contributed by atoms with Crippen LogP contribution in [0, 0.1) is 0 Å². The van der Waals surface area contributed by atoms with Crippen molar-refractivity contribution in [2.45, 2.75) is 26.2 Å². The smallest absolute Gasteiger partial charge is 0.303 e. The molecule has 0 fully saturated rings. The predicted molar refractivity (Wildman–Crippen MR) is 67.8 cm³/mol. The number of ether oxygens (including phenoxy) is 1. The zero-order valence-electron chi connectivity index (χ0n) is 10.3. The second-order valence-corrected chi connectivity index (χ2v) is 4.10. The fraction of sp³-hybridized carbons (Fsp3) is 0.385. The summed E-state index contributed by atoms with van der Waals surface area (Å²) in [6.07, 6.45) is 1.46. The number of carboxylic acid groups (broad SMARTS) is 1. The predicted octanol–water partition coefficient (Wildman–Crippen LogP) is 2.37. The van der Waals surface area contributed by atoms with Gasteiger partial charge in [-0.05, 0) is 18.6 Å². The van der Waals surface area contributed by atoms with Crippen LogP contribution in [-0.4, -0.2) is 27.7 Å². The van der Waals surface area contributed by atoms with Crippen molar-refractivity contribution < 1.29 is 14.6 Å². The molecule has 0 spiro atoms. The third-order valence-electron chi connectivity index (χ3n) is 2.55. The van der Waals surface area contributed by atoms with E-state index in [-0.39, 0.29) is 6.42 Å². The van der Waals surface area contributed by atoms with E-state index in [1.54, 1.807) is 0 Å². The van der Waals surface area contributed by atoms with Gasteiger partial charge >= 0.3 is 5.97 Å². The first-order chi connectivity index (χ1) is 8.69. The Labute approximate surface area is 105 Å². The van der Waals surface area contributed by atoms with Crippen molar-refractivity contribution >= 4 is 17.0 Å². The number of benzene rings is 1. The molecule has 0 atom stereocenters. The van der Waals surface area contributed by atoms with Gasteiger partial charge in [-0.3, -0.25) is 4.79 Å². The second kappa shape index (κ2) is 5.53. The van der Waals surface area contributed by atoms with E-state index in [4.69, 9.17) is 9.84 Å². The number of fused-ring (bicyclic) bond motifs is 1. The van der Waals surface area contributed by atoms with E-state index in [1.165, 1.54) is 0 Å². The summed E-state index contributed by atoms with van der Waals surface area (Å²) in [4.78, 5) is 17.9. The lowest BCUT2D eigenvalue weighted by Crippen LogP contribution is -1.98. The Morgan fingerprint density at radius 2 is 2.33 bits per heavy atom. The average molecular weight is 248 g/mol. The van der Waals surface area contributed by atoms with E-state index < -0.39 is 5.97 Å². The van der Waals surface area contributed by atoms with E-state index in [0.717, 1.165) is 23.2 Å². The number of hydrogen-bond donors (Lipinski definition) is 2. The molecule has 96 valence electrons. The van der Waals surface area contributed by atoms with Gasteiger partial charge < -0.3 is 14.8 Å². The van der Waals surface area contributed by atoms with Crippen LogP contribution in [0.2, 0.25) is 0 Å². The van der Waals surface area contributed by atoms with Gasteiger partial charge in [0.1, 0.15) is 11.6 Å². The average Bonchev–Trinajstić information content (AvgIpc) is 2.75. The maximum Gasteiger partial charge on any atom is 0.303 e. The van der Waals surface area contributed by atoms with Gasteiger partial charge in [0.05, 0.1) is 24.1 Å². The lowest BCUT2D eigenvalue weighted by atomic mass is 10.3. The summed E-state index contributed by atoms with van der Waals surface area (Å²) in [7, 11) is 0. The molecule has 2 rings (SSSR count). The van der Waals surface area contributed by atoms with E-state index in [2.05, 4.69) is 16.9 Å². The normalized spacial score (nSPS) is 10.7. The number of aryl methyl sites for hydroxylation is 1. The minimum atomic E-state index is -0.817. The van der Waals surface area contributed by atoms with E-state index >= 15 is 0 Å². The van der Waals surface area contributed by atoms with Crippen molar-refractivity contribution in [2.24, 2.45) is 0 Å². The number of nitrogens with one attached hydrogen (secondary N) is 1. The summed E-state index contributed by atoms with van der Waals surface area (Å²) < 4.78 is 5.53. The van der Waals surface area contributed by atoms with Crippen LogP contribution in [-0.2, 0) is 11.2 Å². The molecule has 2 N–H and O–H groups in total. The molecular formula is C13H16N2O3. The van der Waals surface area contributed by atoms with Crippen LogP contribution >= 0.6 is 0 Å². The quantitative estimate of drug-likeness (QED) is 0.823. The second-order valence-electron chi connectivity index (χ2n) is 4.10. The molecule has 0 aliphatic rings. The summed E-state index contributed by atoms with van der Waals surface area (Å²) in [5.74, 6) is 0.681. The van der Waals surface area contributed by atoms with Gasteiger partial charge in [-0.25, -0.2) is 4.98 Å². The molecular weight excluding hydrogens is 232 g/mol. The number of carbonyl (C=O) groups is 1. The first-order valence-corrected chi connectivity index (χ1v) is 6.02. The van der Waals surface area contributed by atoms with Gasteiger partial charge in [-0.15, -0.1) is 0 Å². The Morgan fingerprint density at radius 1 is 1.50 bits per heavy atom. The molecule has 0 aliphatic heterocycles. The van der Waals surface area contributed by atoms with Gasteiger partial charge in [0, 0.05) is 12.5 Å². The van der Waals surface area contributed by atoms with Gasteiger partial charge in [-0.2, -0.15) is 0 Å². The van der Waals surface area contributed by atoms with Crippen molar-refractivity contribution in [2.75, 3.05) is 6.61 Å². The number of H-pyrrole nitrogens is 1. The number of aliphatic carboxylic acids is 1. The fourth-order valence-corrected chi connectivity index (χ4v) is 1.70. The highest BCUT2D eigenvalue weighted by molar-refractivity contribution is 5.77. The van der Waals surface area contributed by atoms with Gasteiger partial charge in [0.25, 0.3) is 0 Å². The SMILES string of the molecule is CCCOc1ccc2nc(CCC(=O)O)[nH]c2c1. The molecule has 1 aromatic heterocycles. The van der Waals surface area contributed by atoms with E-state index in [1.807, 2.05) is 18.2 Å². The minimum Gasteiger partial charge on any atom is -0.494 e. The highest BCUT2D eigenvalue weighted by Gasteiger charge is 2.06. The molecule has 0 amide bonds. The van der Waals surface area contributed by atoms with Crippen LogP contribution in [0.3, 0.4) is 0 Å². The third kappa shape index (κ3) is 3.00. The van der Waals surface area contributed by atoms with Crippen LogP contribution in [0.15, 0.2) is 18.2 Å². The monoisotopic (exact) mass is 248 g/mol. The summed E-state index contributed by atoms with van der Waals surface area (Å²) >= 11 is 0. The van der Waals surface area contributed by atoms with Crippen LogP contribution in [0.25, 0.3) is 11.0 Å². The summed E-state index contributed by atoms with van der Waals surface area (Å²) in [5, 5.41) is 8.63. The molecule has 0 bridgehead atoms. The van der Waals surface area contributed by atoms with Crippen LogP contribution in [0.4, 0.5) is 0 Å². The molecule has 1 aromatic carbocycles. The van der Waals surface area contributed by atoms with Crippen molar-refractivity contribution in [1.82, 2.24) is 9.97 Å². The number of imidazole rings is 1. The van der Waals surface area contributed by atoms with E-state index in [0.29, 0.717) is 18.9 Å². The highest BCUT2D eigenvalue weighted by atomic mass is 16.5. The summed E-state index contributed by atoms with van der Waals surface area (Å²) in [6, 6.07) is 5.64. The van der Waals surface area contributed by atoms with Crippen molar-refractivity contribution in [3.05, 3.63) is 24.0 Å². The standard InChI is InChI=1S/C13H16N2O3/c1-2-7-18-9-3-4-10-11(8-9)15-12(14-10)5-6-13(16)17/h3-4,8H,2,5-7H2,1H3,(H,14,15)(H,16,17). The molecule has 0 radical (unpaired) electrons. The highest BCUT2D eigenvalue weighted by Crippen LogP contribution is 2.19. The Kier molecular flexibility index (Phi) is 3.82. The summed E-state index contributed by atoms with van der Waals surface area (Å²) in [6.45, 7) is 2.74. The lowest BCUT2D eigenvalue weighted by molar-refractivity contribution is -0.137. The maximum absolute atomic E-state index is 10.5. The van der Waals surface area contributed by atoms with Crippen molar-refractivity contribution in [1.29, 1.82) is 0 Å². The van der Waals surface area contributed by atoms with Gasteiger partial charge in [0.2, 0.25) is 0 Å². The zero-order chi connectivity index (χ0) is 13.0. The zero-order valence-corrected chi connectivity index (χ0v) is 10.3. The van der Waals surface area contributed by atoms with Crippen molar-refractivity contribution in [3.63, 3.8) is 0 Å². The third-order valence-corrected chi connectivity index (χ3v) is 2.55. The number of hydrogen-bond acceptors (Lipinski definition) is 3. The Hall–Kier alpha value is -2.04. The topological polar surface area (TPSA) is 75.2 Å². The molecule has 1 heterocycles. The first-order valence-electron chi connectivity index (χ1n) is 6.02. The molecule has 0 saturated carbocycles. The Balaban J connectivity index is 2.14. The number of nitrogens with zero attached hydrogens (tertiary/aromatic N) is 1.